The summed E-state index contributed by atoms with van der Waals surface area (Å²) in [4.78, 5) is 68.9. The molecule has 1 aromatic carbocycles. The Hall–Kier alpha value is -3.19. The van der Waals surface area contributed by atoms with Crippen LogP contribution < -0.4 is 0 Å². The lowest BCUT2D eigenvalue weighted by molar-refractivity contribution is -0.311. The molecule has 0 N–H and O–H groups in total. The predicted molar refractivity (Wildman–Crippen MR) is 216 cm³/mol. The van der Waals surface area contributed by atoms with Crippen LogP contribution in [-0.2, 0) is 38.2 Å². The van der Waals surface area contributed by atoms with Gasteiger partial charge in [-0.25, -0.2) is 4.79 Å². The van der Waals surface area contributed by atoms with Crippen LogP contribution in [0.15, 0.2) is 30.3 Å². The van der Waals surface area contributed by atoms with E-state index in [2.05, 4.69) is 13.8 Å². The summed E-state index contributed by atoms with van der Waals surface area (Å²) >= 11 is 0. The molecule has 0 aliphatic carbocycles. The molecule has 2 rings (SSSR count). The fourth-order valence-corrected chi connectivity index (χ4v) is 7.15. The minimum atomic E-state index is -1.29. The molecule has 1 amide bonds. The number of nitrogens with zero attached hydrogens (tertiary/aromatic N) is 4. The number of amides is 1. The molecule has 12 heteroatoms. The number of piperazine rings is 1. The van der Waals surface area contributed by atoms with Crippen molar-refractivity contribution in [3.05, 3.63) is 42.8 Å². The average Bonchev–Trinajstić information content (AvgIpc) is 3.11. The van der Waals surface area contributed by atoms with Crippen molar-refractivity contribution in [3.8, 4) is 0 Å². The third-order valence-electron chi connectivity index (χ3n) is 10.6. The first kappa shape index (κ1) is 48.0. The van der Waals surface area contributed by atoms with Crippen LogP contribution in [0.1, 0.15) is 112 Å². The van der Waals surface area contributed by atoms with Crippen molar-refractivity contribution in [1.82, 2.24) is 19.8 Å². The topological polar surface area (TPSA) is 118 Å². The van der Waals surface area contributed by atoms with Gasteiger partial charge in [-0.1, -0.05) is 64.4 Å². The number of hydrogen-bond donors (Lipinski definition) is 0. The van der Waals surface area contributed by atoms with Gasteiger partial charge in [-0.2, -0.15) is 5.06 Å². The van der Waals surface area contributed by atoms with Crippen LogP contribution in [-0.4, -0.2) is 134 Å². The fourth-order valence-electron chi connectivity index (χ4n) is 7.15. The minimum Gasteiger partial charge on any atom is -0.465 e. The first-order valence-electron chi connectivity index (χ1n) is 20.2. The molecule has 0 radical (unpaired) electrons. The molecule has 0 saturated carbocycles. The number of ether oxygens (including phenoxy) is 3. The van der Waals surface area contributed by atoms with Gasteiger partial charge < -0.3 is 24.0 Å². The maximum Gasteiger partial charge on any atom is 0.337 e. The van der Waals surface area contributed by atoms with Crippen LogP contribution in [0.3, 0.4) is 0 Å². The molecular formula is C43H73N4O8+. The quantitative estimate of drug-likeness (QED) is 0.0522. The molecule has 1 saturated heterocycles. The largest absolute Gasteiger partial charge is 0.465 e. The zero-order chi connectivity index (χ0) is 41.6. The SMILES string of the molecule is [CH2+]C(C)(C)N1CC(C)(C)N(OC(CC(CC(CC(C)c2ccccc2)C(=O)OCCCC)C(=O)OCCN(C)C)C(=O)OCCN(C)C)C(CC)(CC)C1=O. The lowest BCUT2D eigenvalue weighted by Crippen LogP contribution is -2.75. The number of unbranched alkanes of at least 4 members (excludes halogenated alkanes) is 1. The normalized spacial score (nSPS) is 18.1. The van der Waals surface area contributed by atoms with Gasteiger partial charge in [-0.3, -0.25) is 24.1 Å². The van der Waals surface area contributed by atoms with Crippen molar-refractivity contribution >= 4 is 23.8 Å². The Morgan fingerprint density at radius 3 is 1.82 bits per heavy atom. The predicted octanol–water partition coefficient (Wildman–Crippen LogP) is 6.14. The van der Waals surface area contributed by atoms with Crippen LogP contribution in [0.2, 0.25) is 0 Å². The van der Waals surface area contributed by atoms with E-state index in [-0.39, 0.29) is 50.5 Å². The third-order valence-corrected chi connectivity index (χ3v) is 10.6. The van der Waals surface area contributed by atoms with E-state index < -0.39 is 46.5 Å². The molecule has 1 heterocycles. The van der Waals surface area contributed by atoms with E-state index >= 15 is 0 Å². The number of carbonyl (C=O) groups excluding carboxylic acids is 4. The Kier molecular flexibility index (Phi) is 19.1. The Bertz CT molecular complexity index is 1340. The van der Waals surface area contributed by atoms with Crippen LogP contribution in [0.4, 0.5) is 0 Å². The van der Waals surface area contributed by atoms with E-state index in [1.54, 1.807) is 9.96 Å². The van der Waals surface area contributed by atoms with Crippen LogP contribution in [0, 0.1) is 18.8 Å². The molecular weight excluding hydrogens is 700 g/mol. The lowest BCUT2D eigenvalue weighted by atomic mass is 9.80. The molecule has 0 spiro atoms. The first-order chi connectivity index (χ1) is 25.7. The van der Waals surface area contributed by atoms with E-state index in [4.69, 9.17) is 19.0 Å². The fraction of sp³-hybridized carbons (Fsp3) is 0.744. The van der Waals surface area contributed by atoms with Crippen molar-refractivity contribution in [1.29, 1.82) is 0 Å². The van der Waals surface area contributed by atoms with Crippen molar-refractivity contribution in [2.24, 2.45) is 11.8 Å². The van der Waals surface area contributed by atoms with Crippen molar-refractivity contribution in [3.63, 3.8) is 0 Å². The first-order valence-corrected chi connectivity index (χ1v) is 20.2. The van der Waals surface area contributed by atoms with E-state index in [1.165, 1.54) is 0 Å². The van der Waals surface area contributed by atoms with Crippen LogP contribution in [0.5, 0.6) is 0 Å². The Morgan fingerprint density at radius 2 is 1.33 bits per heavy atom. The molecule has 1 fully saturated rings. The zero-order valence-corrected chi connectivity index (χ0v) is 36.2. The molecule has 1 aliphatic heterocycles. The molecule has 12 nitrogen and oxygen atoms in total. The molecule has 4 atom stereocenters. The molecule has 1 aromatic rings. The average molecular weight is 774 g/mol. The van der Waals surface area contributed by atoms with Gasteiger partial charge in [0.05, 0.1) is 30.9 Å². The highest BCUT2D eigenvalue weighted by Crippen LogP contribution is 2.42. The number of hydrogen-bond acceptors (Lipinski definition) is 11. The number of likely N-dealkylation sites (N-methyl/N-ethyl adjacent to an activating group) is 2. The summed E-state index contributed by atoms with van der Waals surface area (Å²) in [5, 5.41) is 1.69. The van der Waals surface area contributed by atoms with Gasteiger partial charge in [-0.15, -0.1) is 0 Å². The number of rotatable bonds is 24. The Labute approximate surface area is 332 Å². The van der Waals surface area contributed by atoms with Gasteiger partial charge in [0, 0.05) is 33.5 Å². The zero-order valence-electron chi connectivity index (χ0n) is 36.2. The second-order valence-electron chi connectivity index (χ2n) is 17.0. The van der Waals surface area contributed by atoms with Gasteiger partial charge in [0.25, 0.3) is 0 Å². The monoisotopic (exact) mass is 774 g/mol. The summed E-state index contributed by atoms with van der Waals surface area (Å²) < 4.78 is 17.4. The van der Waals surface area contributed by atoms with Crippen molar-refractivity contribution in [2.75, 3.05) is 67.6 Å². The second kappa shape index (κ2) is 21.9. The van der Waals surface area contributed by atoms with Crippen molar-refractivity contribution in [2.45, 2.75) is 129 Å². The number of hydroxylamine groups is 2. The molecule has 0 aromatic heterocycles. The summed E-state index contributed by atoms with van der Waals surface area (Å²) in [6, 6.07) is 9.93. The van der Waals surface area contributed by atoms with Crippen molar-refractivity contribution < 1.29 is 38.2 Å². The van der Waals surface area contributed by atoms with Gasteiger partial charge >= 0.3 is 17.9 Å². The van der Waals surface area contributed by atoms with Crippen LogP contribution in [0.25, 0.3) is 0 Å². The molecule has 4 unspecified atom stereocenters. The highest BCUT2D eigenvalue weighted by Gasteiger charge is 2.59. The molecule has 312 valence electrons. The minimum absolute atomic E-state index is 0.0199. The standard InChI is InChI=1S/C43H73N4O8/c1-14-17-25-52-37(48)34(28-32(4)33-21-19-18-20-22-33)29-35(38(49)53-26-23-44(10)11)30-36(39(50)54-27-24-45(12)13)55-47-42(8,9)31-46(41(5,6)7)40(51)43(47,15-2)16-3/h18-22,32,34-36H,5,14-17,23-31H2,1-4,6-13H3/q+1. The highest BCUT2D eigenvalue weighted by atomic mass is 16.7. The van der Waals surface area contributed by atoms with Gasteiger partial charge in [0.2, 0.25) is 5.91 Å². The Balaban J connectivity index is 2.66. The van der Waals surface area contributed by atoms with Crippen LogP contribution >= 0.6 is 0 Å². The summed E-state index contributed by atoms with van der Waals surface area (Å²) in [6.45, 7) is 21.8. The van der Waals surface area contributed by atoms with Gasteiger partial charge in [0.15, 0.2) is 11.6 Å². The number of carbonyl (C=O) groups is 4. The molecule has 55 heavy (non-hydrogen) atoms. The summed E-state index contributed by atoms with van der Waals surface area (Å²) in [6.07, 6.45) is 1.47. The van der Waals surface area contributed by atoms with Gasteiger partial charge in [-0.05, 0) is 92.0 Å². The maximum absolute atomic E-state index is 14.4. The maximum atomic E-state index is 14.4. The smallest absolute Gasteiger partial charge is 0.337 e. The van der Waals surface area contributed by atoms with E-state index in [0.717, 1.165) is 18.4 Å². The van der Waals surface area contributed by atoms with Gasteiger partial charge in [0.1, 0.15) is 18.8 Å². The Morgan fingerprint density at radius 1 is 0.818 bits per heavy atom. The lowest BCUT2D eigenvalue weighted by Gasteiger charge is -2.57. The number of esters is 3. The third kappa shape index (κ3) is 14.1. The summed E-state index contributed by atoms with van der Waals surface area (Å²) in [5.41, 5.74) is -1.52. The highest BCUT2D eigenvalue weighted by molar-refractivity contribution is 5.88. The summed E-state index contributed by atoms with van der Waals surface area (Å²) in [5.74, 6) is -3.34. The van der Waals surface area contributed by atoms with E-state index in [0.29, 0.717) is 38.9 Å². The van der Waals surface area contributed by atoms with E-state index in [9.17, 15) is 19.2 Å². The second-order valence-corrected chi connectivity index (χ2v) is 17.0. The van der Waals surface area contributed by atoms with E-state index in [1.807, 2.05) is 117 Å². The number of benzene rings is 1. The molecule has 1 aliphatic rings. The molecule has 0 bridgehead atoms. The summed E-state index contributed by atoms with van der Waals surface area (Å²) in [7, 11) is 7.54.